The molecule has 1 aliphatic rings. The minimum absolute atomic E-state index is 0.155. The predicted octanol–water partition coefficient (Wildman–Crippen LogP) is 3.98. The highest BCUT2D eigenvalue weighted by atomic mass is 32.1. The number of ether oxygens (including phenoxy) is 1. The summed E-state index contributed by atoms with van der Waals surface area (Å²) < 4.78 is 4.79. The van der Waals surface area contributed by atoms with Crippen LogP contribution in [0.25, 0.3) is 10.9 Å². The molecule has 0 fully saturated rings. The van der Waals surface area contributed by atoms with E-state index in [0.29, 0.717) is 28.8 Å². The number of hydrogen-bond donors (Lipinski definition) is 1. The van der Waals surface area contributed by atoms with Crippen LogP contribution in [0.15, 0.2) is 52.0 Å². The van der Waals surface area contributed by atoms with Gasteiger partial charge in [-0.15, -0.1) is 22.7 Å². The van der Waals surface area contributed by atoms with Gasteiger partial charge in [0.05, 0.1) is 36.2 Å². The summed E-state index contributed by atoms with van der Waals surface area (Å²) in [4.78, 5) is 37.2. The number of benzene rings is 1. The van der Waals surface area contributed by atoms with Gasteiger partial charge in [0.25, 0.3) is 5.56 Å². The van der Waals surface area contributed by atoms with Crippen LogP contribution >= 0.6 is 22.7 Å². The van der Waals surface area contributed by atoms with Gasteiger partial charge in [-0.25, -0.2) is 9.78 Å². The Labute approximate surface area is 180 Å². The Morgan fingerprint density at radius 2 is 2.17 bits per heavy atom. The minimum atomic E-state index is -0.445. The molecule has 0 saturated heterocycles. The van der Waals surface area contributed by atoms with Crippen LogP contribution in [0.3, 0.4) is 0 Å². The summed E-state index contributed by atoms with van der Waals surface area (Å²) in [6.45, 7) is 1.41. The largest absolute Gasteiger partial charge is 0.465 e. The summed E-state index contributed by atoms with van der Waals surface area (Å²) in [6.07, 6.45) is 0.985. The third kappa shape index (κ3) is 3.36. The Kier molecular flexibility index (Phi) is 4.98. The van der Waals surface area contributed by atoms with Crippen LogP contribution in [0.5, 0.6) is 0 Å². The van der Waals surface area contributed by atoms with Crippen molar-refractivity contribution in [3.8, 4) is 0 Å². The number of aromatic nitrogens is 2. The summed E-state index contributed by atoms with van der Waals surface area (Å²) >= 11 is 3.55. The molecule has 1 unspecified atom stereocenters. The van der Waals surface area contributed by atoms with E-state index in [4.69, 9.17) is 4.74 Å². The van der Waals surface area contributed by atoms with Crippen LogP contribution < -0.4 is 5.56 Å². The quantitative estimate of drug-likeness (QED) is 0.489. The van der Waals surface area contributed by atoms with Crippen LogP contribution in [-0.4, -0.2) is 34.5 Å². The normalized spacial score (nSPS) is 16.5. The number of thiophene rings is 2. The maximum Gasteiger partial charge on any atom is 0.337 e. The molecule has 0 amide bonds. The lowest BCUT2D eigenvalue weighted by Crippen LogP contribution is -2.35. The summed E-state index contributed by atoms with van der Waals surface area (Å²) in [5.41, 5.74) is 2.01. The number of carbonyl (C=O) groups excluding carboxylic acids is 1. The zero-order valence-corrected chi connectivity index (χ0v) is 17.9. The zero-order chi connectivity index (χ0) is 20.7. The van der Waals surface area contributed by atoms with Gasteiger partial charge in [-0.05, 0) is 53.1 Å². The molecule has 3 aromatic heterocycles. The smallest absolute Gasteiger partial charge is 0.337 e. The number of esters is 1. The van der Waals surface area contributed by atoms with Gasteiger partial charge in [0.15, 0.2) is 0 Å². The van der Waals surface area contributed by atoms with E-state index in [-0.39, 0.29) is 11.6 Å². The molecule has 8 heteroatoms. The monoisotopic (exact) mass is 437 g/mol. The van der Waals surface area contributed by atoms with Crippen LogP contribution in [-0.2, 0) is 17.7 Å². The maximum absolute atomic E-state index is 12.6. The van der Waals surface area contributed by atoms with Crippen molar-refractivity contribution in [3.63, 3.8) is 0 Å². The molecule has 30 heavy (non-hydrogen) atoms. The molecular formula is C22H19N3O3S2. The first-order valence-electron chi connectivity index (χ1n) is 9.59. The zero-order valence-electron chi connectivity index (χ0n) is 16.3. The lowest BCUT2D eigenvalue weighted by Gasteiger charge is -2.35. The number of fused-ring (bicyclic) bond motifs is 2. The van der Waals surface area contributed by atoms with Crippen LogP contribution in [0.1, 0.15) is 37.5 Å². The standard InChI is InChI=1S/C22H19N3O3S2/c1-28-22(27)13-4-5-14-16(11-13)23-19(24-21(14)26)12-25-8-6-17-15(7-10-30-17)20(25)18-3-2-9-29-18/h2-5,7,9-11,20H,6,8,12H2,1H3,(H,23,24,26). The first kappa shape index (κ1) is 19.2. The van der Waals surface area contributed by atoms with Gasteiger partial charge >= 0.3 is 5.97 Å². The highest BCUT2D eigenvalue weighted by molar-refractivity contribution is 7.10. The second-order valence-electron chi connectivity index (χ2n) is 7.17. The summed E-state index contributed by atoms with van der Waals surface area (Å²) in [5, 5.41) is 4.71. The third-order valence-corrected chi connectivity index (χ3v) is 7.33. The Morgan fingerprint density at radius 3 is 2.97 bits per heavy atom. The first-order valence-corrected chi connectivity index (χ1v) is 11.3. The molecule has 1 N–H and O–H groups in total. The van der Waals surface area contributed by atoms with E-state index in [0.717, 1.165) is 13.0 Å². The second kappa shape index (κ2) is 7.79. The van der Waals surface area contributed by atoms with Gasteiger partial charge in [-0.3, -0.25) is 9.69 Å². The predicted molar refractivity (Wildman–Crippen MR) is 118 cm³/mol. The van der Waals surface area contributed by atoms with Crippen molar-refractivity contribution in [3.05, 3.63) is 84.2 Å². The Balaban J connectivity index is 1.53. The van der Waals surface area contributed by atoms with Crippen molar-refractivity contribution in [1.82, 2.24) is 14.9 Å². The molecule has 1 atom stereocenters. The molecule has 0 saturated carbocycles. The highest BCUT2D eigenvalue weighted by Gasteiger charge is 2.30. The average Bonchev–Trinajstić information content (AvgIpc) is 3.44. The van der Waals surface area contributed by atoms with Crippen molar-refractivity contribution in [2.24, 2.45) is 0 Å². The highest BCUT2D eigenvalue weighted by Crippen LogP contribution is 2.39. The topological polar surface area (TPSA) is 75.3 Å². The number of H-pyrrole nitrogens is 1. The molecule has 6 nitrogen and oxygen atoms in total. The lowest BCUT2D eigenvalue weighted by molar-refractivity contribution is 0.0601. The summed E-state index contributed by atoms with van der Waals surface area (Å²) in [7, 11) is 1.34. The molecule has 4 aromatic rings. The summed E-state index contributed by atoms with van der Waals surface area (Å²) in [6, 6.07) is 11.4. The molecular weight excluding hydrogens is 418 g/mol. The third-order valence-electron chi connectivity index (χ3n) is 5.41. The second-order valence-corrected chi connectivity index (χ2v) is 9.15. The molecule has 4 heterocycles. The van der Waals surface area contributed by atoms with E-state index in [1.165, 1.54) is 22.4 Å². The maximum atomic E-state index is 12.6. The van der Waals surface area contributed by atoms with Crippen molar-refractivity contribution >= 4 is 39.5 Å². The molecule has 152 valence electrons. The molecule has 0 spiro atoms. The average molecular weight is 438 g/mol. The number of aromatic amines is 1. The Hall–Kier alpha value is -2.81. The van der Waals surface area contributed by atoms with Crippen LogP contribution in [0.2, 0.25) is 0 Å². The Bertz CT molecular complexity index is 1280. The number of nitrogens with one attached hydrogen (secondary N) is 1. The van der Waals surface area contributed by atoms with Gasteiger partial charge in [-0.1, -0.05) is 6.07 Å². The van der Waals surface area contributed by atoms with Gasteiger partial charge in [0.2, 0.25) is 0 Å². The van der Waals surface area contributed by atoms with E-state index in [1.807, 2.05) is 0 Å². The van der Waals surface area contributed by atoms with E-state index >= 15 is 0 Å². The fraction of sp³-hybridized carbons (Fsp3) is 0.227. The summed E-state index contributed by atoms with van der Waals surface area (Å²) in [5.74, 6) is 0.147. The van der Waals surface area contributed by atoms with E-state index in [1.54, 1.807) is 40.9 Å². The van der Waals surface area contributed by atoms with Crippen LogP contribution in [0, 0.1) is 0 Å². The van der Waals surface area contributed by atoms with E-state index in [9.17, 15) is 9.59 Å². The number of methoxy groups -OCH3 is 1. The van der Waals surface area contributed by atoms with E-state index in [2.05, 4.69) is 43.8 Å². The van der Waals surface area contributed by atoms with Gasteiger partial charge < -0.3 is 9.72 Å². The number of nitrogens with zero attached hydrogens (tertiary/aromatic N) is 2. The van der Waals surface area contributed by atoms with Crippen molar-refractivity contribution < 1.29 is 9.53 Å². The first-order chi connectivity index (χ1) is 14.6. The van der Waals surface area contributed by atoms with Crippen LogP contribution in [0.4, 0.5) is 0 Å². The SMILES string of the molecule is COC(=O)c1ccc2c(=O)[nH]c(CN3CCc4sccc4C3c3cccs3)nc2c1. The molecule has 5 rings (SSSR count). The van der Waals surface area contributed by atoms with Crippen molar-refractivity contribution in [1.29, 1.82) is 0 Å². The number of rotatable bonds is 4. The minimum Gasteiger partial charge on any atom is -0.465 e. The fourth-order valence-electron chi connectivity index (χ4n) is 4.02. The van der Waals surface area contributed by atoms with Crippen molar-refractivity contribution in [2.75, 3.05) is 13.7 Å². The molecule has 0 bridgehead atoms. The van der Waals surface area contributed by atoms with Gasteiger partial charge in [0, 0.05) is 16.3 Å². The van der Waals surface area contributed by atoms with E-state index < -0.39 is 5.97 Å². The molecule has 1 aromatic carbocycles. The fourth-order valence-corrected chi connectivity index (χ4v) is 5.80. The van der Waals surface area contributed by atoms with Gasteiger partial charge in [-0.2, -0.15) is 0 Å². The molecule has 0 radical (unpaired) electrons. The molecule has 1 aliphatic heterocycles. The number of hydrogen-bond acceptors (Lipinski definition) is 7. The molecule has 0 aliphatic carbocycles. The lowest BCUT2D eigenvalue weighted by atomic mass is 9.98. The van der Waals surface area contributed by atoms with Gasteiger partial charge in [0.1, 0.15) is 5.82 Å². The number of carbonyl (C=O) groups is 1. The Morgan fingerprint density at radius 1 is 1.27 bits per heavy atom. The van der Waals surface area contributed by atoms with Crippen molar-refractivity contribution in [2.45, 2.75) is 19.0 Å².